The first-order valence-corrected chi connectivity index (χ1v) is 14.7. The van der Waals surface area contributed by atoms with E-state index in [1.54, 1.807) is 0 Å². The number of rotatable bonds is 12. The summed E-state index contributed by atoms with van der Waals surface area (Å²) in [4.78, 5) is 28.5. The number of hydrogen-bond acceptors (Lipinski definition) is 8. The molecule has 212 valence electrons. The Bertz CT molecular complexity index is 1550. The SMILES string of the molecule is NCc1ccccc1-c1cc2c(c(S(=O)(=O)Nc3ccsc3C(=O)N[C@@H](CCCN=C(N)N)C(=O)O)c1)OCC2. The van der Waals surface area contributed by atoms with Crippen LogP contribution in [-0.4, -0.2) is 50.6 Å². The van der Waals surface area contributed by atoms with Crippen LogP contribution in [-0.2, 0) is 27.8 Å². The lowest BCUT2D eigenvalue weighted by atomic mass is 9.97. The number of hydrogen-bond donors (Lipinski definition) is 6. The minimum Gasteiger partial charge on any atom is -0.492 e. The average molecular weight is 587 g/mol. The van der Waals surface area contributed by atoms with Gasteiger partial charge in [0.25, 0.3) is 15.9 Å². The van der Waals surface area contributed by atoms with E-state index in [-0.39, 0.29) is 46.7 Å². The number of carbonyl (C=O) groups excluding carboxylic acids is 1. The second kappa shape index (κ2) is 12.4. The molecule has 3 aromatic rings. The van der Waals surface area contributed by atoms with E-state index in [1.807, 2.05) is 30.3 Å². The van der Waals surface area contributed by atoms with Gasteiger partial charge in [-0.1, -0.05) is 24.3 Å². The highest BCUT2D eigenvalue weighted by molar-refractivity contribution is 7.92. The van der Waals surface area contributed by atoms with Crippen molar-refractivity contribution in [1.29, 1.82) is 0 Å². The summed E-state index contributed by atoms with van der Waals surface area (Å²) in [5.74, 6) is -1.82. The van der Waals surface area contributed by atoms with Gasteiger partial charge in [0.1, 0.15) is 21.6 Å². The maximum atomic E-state index is 13.7. The molecule has 0 aliphatic carbocycles. The van der Waals surface area contributed by atoms with Crippen molar-refractivity contribution >= 4 is 44.9 Å². The van der Waals surface area contributed by atoms with Crippen LogP contribution in [0.25, 0.3) is 11.1 Å². The lowest BCUT2D eigenvalue weighted by molar-refractivity contribution is -0.139. The fraction of sp³-hybridized carbons (Fsp3) is 0.269. The van der Waals surface area contributed by atoms with Crippen molar-refractivity contribution < 1.29 is 27.9 Å². The number of benzene rings is 2. The molecular weight excluding hydrogens is 556 g/mol. The van der Waals surface area contributed by atoms with Crippen LogP contribution in [0.15, 0.2) is 57.7 Å². The van der Waals surface area contributed by atoms with E-state index < -0.39 is 27.9 Å². The summed E-state index contributed by atoms with van der Waals surface area (Å²) < 4.78 is 35.5. The summed E-state index contributed by atoms with van der Waals surface area (Å²) >= 11 is 0.978. The molecule has 1 amide bonds. The monoisotopic (exact) mass is 586 g/mol. The number of aliphatic imine (C=N–C) groups is 1. The molecule has 12 nitrogen and oxygen atoms in total. The summed E-state index contributed by atoms with van der Waals surface area (Å²) in [5, 5.41) is 13.5. The maximum absolute atomic E-state index is 13.7. The number of amides is 1. The van der Waals surface area contributed by atoms with Gasteiger partial charge in [-0.2, -0.15) is 0 Å². The highest BCUT2D eigenvalue weighted by Crippen LogP contribution is 2.39. The normalized spacial score (nSPS) is 13.1. The molecule has 1 aliphatic rings. The summed E-state index contributed by atoms with van der Waals surface area (Å²) in [6.45, 7) is 0.821. The molecule has 40 heavy (non-hydrogen) atoms. The number of sulfonamides is 1. The van der Waals surface area contributed by atoms with Gasteiger partial charge in [-0.25, -0.2) is 13.2 Å². The van der Waals surface area contributed by atoms with E-state index in [2.05, 4.69) is 15.0 Å². The summed E-state index contributed by atoms with van der Waals surface area (Å²) in [6.07, 6.45) is 0.932. The summed E-state index contributed by atoms with van der Waals surface area (Å²) in [5.41, 5.74) is 19.6. The fourth-order valence-electron chi connectivity index (χ4n) is 4.36. The molecule has 0 radical (unpaired) electrons. The molecule has 0 bridgehead atoms. The number of nitrogens with one attached hydrogen (secondary N) is 2. The predicted octanol–water partition coefficient (Wildman–Crippen LogP) is 1.85. The smallest absolute Gasteiger partial charge is 0.326 e. The third kappa shape index (κ3) is 6.52. The Morgan fingerprint density at radius 2 is 1.95 bits per heavy atom. The van der Waals surface area contributed by atoms with Crippen LogP contribution in [0.3, 0.4) is 0 Å². The first kappa shape index (κ1) is 28.9. The minimum absolute atomic E-state index is 0.0150. The van der Waals surface area contributed by atoms with E-state index in [0.717, 1.165) is 28.0 Å². The molecule has 9 N–H and O–H groups in total. The van der Waals surface area contributed by atoms with Gasteiger partial charge in [0.2, 0.25) is 0 Å². The number of ether oxygens (including phenoxy) is 1. The third-order valence-corrected chi connectivity index (χ3v) is 8.54. The zero-order chi connectivity index (χ0) is 28.9. The van der Waals surface area contributed by atoms with Crippen molar-refractivity contribution in [3.05, 3.63) is 63.8 Å². The molecule has 0 fully saturated rings. The van der Waals surface area contributed by atoms with E-state index in [4.69, 9.17) is 21.9 Å². The van der Waals surface area contributed by atoms with Gasteiger partial charge in [-0.15, -0.1) is 11.3 Å². The van der Waals surface area contributed by atoms with Crippen LogP contribution in [0, 0.1) is 0 Å². The Hall–Kier alpha value is -4.14. The molecule has 1 atom stereocenters. The van der Waals surface area contributed by atoms with E-state index in [1.165, 1.54) is 17.5 Å². The summed E-state index contributed by atoms with van der Waals surface area (Å²) in [7, 11) is -4.22. The molecule has 1 aromatic heterocycles. The average Bonchev–Trinajstić information content (AvgIpc) is 3.58. The van der Waals surface area contributed by atoms with Gasteiger partial charge in [0, 0.05) is 19.5 Å². The van der Waals surface area contributed by atoms with Gasteiger partial charge < -0.3 is 32.4 Å². The largest absolute Gasteiger partial charge is 0.492 e. The lowest BCUT2D eigenvalue weighted by Gasteiger charge is -2.16. The second-order valence-electron chi connectivity index (χ2n) is 9.00. The topological polar surface area (TPSA) is 212 Å². The van der Waals surface area contributed by atoms with Crippen molar-refractivity contribution in [2.45, 2.75) is 36.7 Å². The number of carboxylic acids is 1. The predicted molar refractivity (Wildman–Crippen MR) is 153 cm³/mol. The quantitative estimate of drug-likeness (QED) is 0.104. The maximum Gasteiger partial charge on any atom is 0.326 e. The molecule has 2 heterocycles. The molecule has 14 heteroatoms. The zero-order valence-corrected chi connectivity index (χ0v) is 23.1. The third-order valence-electron chi connectivity index (χ3n) is 6.25. The number of thiophene rings is 1. The van der Waals surface area contributed by atoms with Crippen molar-refractivity contribution in [3.8, 4) is 16.9 Å². The van der Waals surface area contributed by atoms with Crippen molar-refractivity contribution in [1.82, 2.24) is 5.32 Å². The number of carbonyl (C=O) groups is 2. The zero-order valence-electron chi connectivity index (χ0n) is 21.4. The highest BCUT2D eigenvalue weighted by atomic mass is 32.2. The minimum atomic E-state index is -4.22. The van der Waals surface area contributed by atoms with Crippen molar-refractivity contribution in [2.24, 2.45) is 22.2 Å². The number of nitrogens with zero attached hydrogens (tertiary/aromatic N) is 1. The van der Waals surface area contributed by atoms with Crippen LogP contribution in [0.2, 0.25) is 0 Å². The first-order chi connectivity index (χ1) is 19.1. The molecule has 0 unspecified atom stereocenters. The molecule has 0 spiro atoms. The van der Waals surface area contributed by atoms with Crippen molar-refractivity contribution in [3.63, 3.8) is 0 Å². The Kier molecular flexibility index (Phi) is 8.92. The number of nitrogens with two attached hydrogens (primary N) is 3. The van der Waals surface area contributed by atoms with E-state index in [9.17, 15) is 23.1 Å². The van der Waals surface area contributed by atoms with Gasteiger partial charge in [-0.3, -0.25) is 14.5 Å². The van der Waals surface area contributed by atoms with Crippen LogP contribution < -0.4 is 32.0 Å². The van der Waals surface area contributed by atoms with Gasteiger partial charge in [0.15, 0.2) is 5.96 Å². The summed E-state index contributed by atoms with van der Waals surface area (Å²) in [6, 6.07) is 11.1. The molecule has 0 saturated heterocycles. The number of aliphatic carboxylic acids is 1. The molecular formula is C26H30N6O6S2. The highest BCUT2D eigenvalue weighted by Gasteiger charge is 2.29. The lowest BCUT2D eigenvalue weighted by Crippen LogP contribution is -2.40. The Balaban J connectivity index is 1.59. The Morgan fingerprint density at radius 1 is 1.18 bits per heavy atom. The molecule has 1 aliphatic heterocycles. The van der Waals surface area contributed by atoms with E-state index >= 15 is 0 Å². The van der Waals surface area contributed by atoms with Crippen LogP contribution in [0.4, 0.5) is 5.69 Å². The van der Waals surface area contributed by atoms with Crippen LogP contribution >= 0.6 is 11.3 Å². The molecule has 4 rings (SSSR count). The Labute approximate surface area is 235 Å². The number of guanidine groups is 1. The number of carboxylic acid groups (broad SMARTS) is 1. The number of fused-ring (bicyclic) bond motifs is 1. The molecule has 2 aromatic carbocycles. The van der Waals surface area contributed by atoms with Gasteiger partial charge in [0.05, 0.1) is 12.3 Å². The standard InChI is InChI=1S/C26H30N6O6S2/c27-14-16-4-1-2-5-18(16)17-12-15-7-10-38-22(15)21(13-17)40(36,37)32-19-8-11-39-23(19)24(33)31-20(25(34)35)6-3-9-30-26(28)29/h1-2,4-5,8,11-13,20,32H,3,6-7,9-10,14,27H2,(H,31,33)(H,34,35)(H4,28,29,30)/t20-/m0/s1. The van der Waals surface area contributed by atoms with Gasteiger partial charge in [-0.05, 0) is 58.7 Å². The second-order valence-corrected chi connectivity index (χ2v) is 11.6. The van der Waals surface area contributed by atoms with Crippen LogP contribution in [0.1, 0.15) is 33.6 Å². The van der Waals surface area contributed by atoms with Crippen molar-refractivity contribution in [2.75, 3.05) is 17.9 Å². The number of anilines is 1. The van der Waals surface area contributed by atoms with Crippen LogP contribution in [0.5, 0.6) is 5.75 Å². The fourth-order valence-corrected chi connectivity index (χ4v) is 6.46. The molecule has 0 saturated carbocycles. The van der Waals surface area contributed by atoms with E-state index in [0.29, 0.717) is 25.0 Å². The Morgan fingerprint density at radius 3 is 2.67 bits per heavy atom. The van der Waals surface area contributed by atoms with Gasteiger partial charge >= 0.3 is 5.97 Å². The first-order valence-electron chi connectivity index (χ1n) is 12.4.